The van der Waals surface area contributed by atoms with Crippen LogP contribution in [0.3, 0.4) is 0 Å². The Bertz CT molecular complexity index is 854. The molecule has 2 aliphatic rings. The van der Waals surface area contributed by atoms with Crippen LogP contribution in [0.2, 0.25) is 0 Å². The van der Waals surface area contributed by atoms with Gasteiger partial charge in [0.15, 0.2) is 0 Å². The van der Waals surface area contributed by atoms with E-state index >= 15 is 0 Å². The quantitative estimate of drug-likeness (QED) is 0.784. The second-order valence-electron chi connectivity index (χ2n) is 8.01. The Labute approximate surface area is 169 Å². The van der Waals surface area contributed by atoms with E-state index in [0.29, 0.717) is 50.3 Å². The third-order valence-electron chi connectivity index (χ3n) is 6.04. The summed E-state index contributed by atoms with van der Waals surface area (Å²) in [5.74, 6) is 1.14. The number of carbonyl (C=O) groups excluding carboxylic acids is 1. The van der Waals surface area contributed by atoms with Gasteiger partial charge in [-0.3, -0.25) is 9.78 Å². The highest BCUT2D eigenvalue weighted by molar-refractivity contribution is 5.94. The number of aliphatic hydroxyl groups is 1. The number of ether oxygens (including phenoxy) is 1. The van der Waals surface area contributed by atoms with E-state index < -0.39 is 17.2 Å². The molecule has 4 heterocycles. The maximum absolute atomic E-state index is 12.7. The van der Waals surface area contributed by atoms with Gasteiger partial charge in [-0.25, -0.2) is 15.0 Å². The van der Waals surface area contributed by atoms with Crippen molar-refractivity contribution in [1.82, 2.24) is 25.3 Å². The summed E-state index contributed by atoms with van der Waals surface area (Å²) in [5.41, 5.74) is -1.11. The summed E-state index contributed by atoms with van der Waals surface area (Å²) in [6.45, 7) is 5.52. The van der Waals surface area contributed by atoms with Crippen LogP contribution in [-0.2, 0) is 4.74 Å². The molecular formula is C20H26N6O3. The summed E-state index contributed by atoms with van der Waals surface area (Å²) in [6, 6.07) is 0. The van der Waals surface area contributed by atoms with Crippen LogP contribution in [0.1, 0.15) is 42.4 Å². The molecule has 2 saturated heterocycles. The maximum atomic E-state index is 12.7. The van der Waals surface area contributed by atoms with Gasteiger partial charge in [-0.05, 0) is 33.1 Å². The lowest BCUT2D eigenvalue weighted by molar-refractivity contribution is -0.195. The molecule has 1 spiro atoms. The van der Waals surface area contributed by atoms with Crippen LogP contribution < -0.4 is 10.2 Å². The van der Waals surface area contributed by atoms with Crippen LogP contribution >= 0.6 is 0 Å². The van der Waals surface area contributed by atoms with Crippen molar-refractivity contribution in [1.29, 1.82) is 0 Å². The van der Waals surface area contributed by atoms with Crippen LogP contribution in [0, 0.1) is 6.92 Å². The zero-order valence-corrected chi connectivity index (χ0v) is 16.7. The molecule has 2 aromatic rings. The number of hydrogen-bond acceptors (Lipinski definition) is 8. The van der Waals surface area contributed by atoms with E-state index in [1.165, 1.54) is 12.4 Å². The number of aliphatic hydroxyl groups excluding tert-OH is 1. The van der Waals surface area contributed by atoms with Crippen molar-refractivity contribution in [3.8, 4) is 0 Å². The Morgan fingerprint density at radius 2 is 1.90 bits per heavy atom. The standard InChI is InChI=1S/C20H26N6O3/c1-14-23-11-15(12-24-14)17(27)25-19(2)5-10-29-20(18(19)28)3-8-26(9-4-20)16-13-21-6-7-22-16/h6-7,11-13,18,28H,3-5,8-10H2,1-2H3,(H,25,27)/t18-,19+/m1/s1. The molecule has 9 heteroatoms. The van der Waals surface area contributed by atoms with Crippen molar-refractivity contribution >= 4 is 11.7 Å². The van der Waals surface area contributed by atoms with Crippen molar-refractivity contribution < 1.29 is 14.6 Å². The van der Waals surface area contributed by atoms with Gasteiger partial charge in [0.25, 0.3) is 5.91 Å². The van der Waals surface area contributed by atoms with Crippen molar-refractivity contribution in [2.45, 2.75) is 50.4 Å². The Morgan fingerprint density at radius 1 is 1.17 bits per heavy atom. The van der Waals surface area contributed by atoms with Gasteiger partial charge in [0, 0.05) is 44.5 Å². The first-order valence-corrected chi connectivity index (χ1v) is 9.86. The van der Waals surface area contributed by atoms with E-state index in [-0.39, 0.29) is 5.91 Å². The summed E-state index contributed by atoms with van der Waals surface area (Å²) in [5, 5.41) is 14.3. The van der Waals surface area contributed by atoms with Gasteiger partial charge in [-0.1, -0.05) is 0 Å². The molecule has 2 fully saturated rings. The molecule has 0 saturated carbocycles. The second-order valence-corrected chi connectivity index (χ2v) is 8.01. The summed E-state index contributed by atoms with van der Waals surface area (Å²) in [7, 11) is 0. The Kier molecular flexibility index (Phi) is 5.18. The molecule has 0 bridgehead atoms. The molecule has 2 N–H and O–H groups in total. The highest BCUT2D eigenvalue weighted by Crippen LogP contribution is 2.40. The molecule has 0 aromatic carbocycles. The maximum Gasteiger partial charge on any atom is 0.254 e. The lowest BCUT2D eigenvalue weighted by atomic mass is 9.73. The topological polar surface area (TPSA) is 113 Å². The molecular weight excluding hydrogens is 372 g/mol. The molecule has 0 unspecified atom stereocenters. The fraction of sp³-hybridized carbons (Fsp3) is 0.550. The molecule has 9 nitrogen and oxygen atoms in total. The van der Waals surface area contributed by atoms with Crippen molar-refractivity contribution in [3.63, 3.8) is 0 Å². The van der Waals surface area contributed by atoms with E-state index in [1.54, 1.807) is 25.5 Å². The van der Waals surface area contributed by atoms with Crippen LogP contribution in [-0.4, -0.2) is 67.9 Å². The number of nitrogens with one attached hydrogen (secondary N) is 1. The number of piperidine rings is 1. The second kappa shape index (κ2) is 7.64. The van der Waals surface area contributed by atoms with Crippen LogP contribution in [0.15, 0.2) is 31.0 Å². The number of aromatic nitrogens is 4. The van der Waals surface area contributed by atoms with Crippen molar-refractivity contribution in [3.05, 3.63) is 42.4 Å². The largest absolute Gasteiger partial charge is 0.388 e. The number of carbonyl (C=O) groups is 1. The predicted octanol–water partition coefficient (Wildman–Crippen LogP) is 0.884. The van der Waals surface area contributed by atoms with Crippen molar-refractivity contribution in [2.24, 2.45) is 0 Å². The highest BCUT2D eigenvalue weighted by atomic mass is 16.5. The van der Waals surface area contributed by atoms with Gasteiger partial charge in [0.1, 0.15) is 17.7 Å². The SMILES string of the molecule is Cc1ncc(C(=O)N[C@@]2(C)CCOC3(CCN(c4cnccn4)CC3)[C@@H]2O)cn1. The normalized spacial score (nSPS) is 26.3. The number of anilines is 1. The number of amides is 1. The fourth-order valence-corrected chi connectivity index (χ4v) is 4.22. The summed E-state index contributed by atoms with van der Waals surface area (Å²) < 4.78 is 6.11. The molecule has 154 valence electrons. The average Bonchev–Trinajstić information content (AvgIpc) is 2.74. The molecule has 29 heavy (non-hydrogen) atoms. The van der Waals surface area contributed by atoms with Gasteiger partial charge < -0.3 is 20.1 Å². The Hall–Kier alpha value is -2.65. The minimum absolute atomic E-state index is 0.291. The minimum atomic E-state index is -0.830. The zero-order valence-electron chi connectivity index (χ0n) is 16.7. The summed E-state index contributed by atoms with van der Waals surface area (Å²) in [4.78, 5) is 31.5. The van der Waals surface area contributed by atoms with Gasteiger partial charge in [0.2, 0.25) is 0 Å². The van der Waals surface area contributed by atoms with E-state index in [0.717, 1.165) is 5.82 Å². The number of rotatable bonds is 3. The highest BCUT2D eigenvalue weighted by Gasteiger charge is 2.54. The molecule has 1 amide bonds. The van der Waals surface area contributed by atoms with Crippen LogP contribution in [0.25, 0.3) is 0 Å². The Morgan fingerprint density at radius 3 is 2.55 bits per heavy atom. The summed E-state index contributed by atoms with van der Waals surface area (Å²) in [6.07, 6.45) is 9.05. The minimum Gasteiger partial charge on any atom is -0.388 e. The van der Waals surface area contributed by atoms with Crippen molar-refractivity contribution in [2.75, 3.05) is 24.6 Å². The van der Waals surface area contributed by atoms with Gasteiger partial charge in [-0.2, -0.15) is 0 Å². The first-order chi connectivity index (χ1) is 13.9. The van der Waals surface area contributed by atoms with E-state index in [4.69, 9.17) is 4.74 Å². The smallest absolute Gasteiger partial charge is 0.254 e. The molecule has 2 aromatic heterocycles. The molecule has 2 aliphatic heterocycles. The fourth-order valence-electron chi connectivity index (χ4n) is 4.22. The van der Waals surface area contributed by atoms with Gasteiger partial charge >= 0.3 is 0 Å². The summed E-state index contributed by atoms with van der Waals surface area (Å²) >= 11 is 0. The number of nitrogens with zero attached hydrogens (tertiary/aromatic N) is 5. The third-order valence-corrected chi connectivity index (χ3v) is 6.04. The molecule has 0 radical (unpaired) electrons. The first kappa shape index (κ1) is 19.7. The molecule has 0 aliphatic carbocycles. The van der Waals surface area contributed by atoms with E-state index in [2.05, 4.69) is 30.2 Å². The zero-order chi connectivity index (χ0) is 20.5. The predicted molar refractivity (Wildman–Crippen MR) is 105 cm³/mol. The Balaban J connectivity index is 1.46. The lowest BCUT2D eigenvalue weighted by Crippen LogP contribution is -2.69. The van der Waals surface area contributed by atoms with Gasteiger partial charge in [0.05, 0.1) is 22.9 Å². The lowest BCUT2D eigenvalue weighted by Gasteiger charge is -2.53. The number of aryl methyl sites for hydroxylation is 1. The average molecular weight is 398 g/mol. The van der Waals surface area contributed by atoms with Crippen LogP contribution in [0.4, 0.5) is 5.82 Å². The molecule has 2 atom stereocenters. The van der Waals surface area contributed by atoms with E-state index in [1.807, 2.05) is 6.92 Å². The number of hydrogen-bond donors (Lipinski definition) is 2. The van der Waals surface area contributed by atoms with Crippen LogP contribution in [0.5, 0.6) is 0 Å². The monoisotopic (exact) mass is 398 g/mol. The first-order valence-electron chi connectivity index (χ1n) is 9.86. The van der Waals surface area contributed by atoms with E-state index in [9.17, 15) is 9.90 Å². The molecule has 4 rings (SSSR count). The third kappa shape index (κ3) is 3.79. The van der Waals surface area contributed by atoms with Gasteiger partial charge in [-0.15, -0.1) is 0 Å².